The summed E-state index contributed by atoms with van der Waals surface area (Å²) in [4.78, 5) is 35.6. The molecular formula is C13H12FNO4. The lowest BCUT2D eigenvalue weighted by Crippen LogP contribution is -2.50. The van der Waals surface area contributed by atoms with Gasteiger partial charge in [-0.25, -0.2) is 9.18 Å². The second-order valence-electron chi connectivity index (χ2n) is 4.33. The largest absolute Gasteiger partial charge is 0.480 e. The first-order valence-electron chi connectivity index (χ1n) is 5.80. The fourth-order valence-corrected chi connectivity index (χ4v) is 2.08. The van der Waals surface area contributed by atoms with Gasteiger partial charge in [0.25, 0.3) is 5.91 Å². The van der Waals surface area contributed by atoms with Gasteiger partial charge in [-0.05, 0) is 12.1 Å². The van der Waals surface area contributed by atoms with Crippen molar-refractivity contribution in [1.29, 1.82) is 0 Å². The number of amides is 1. The molecule has 1 unspecified atom stereocenters. The number of hydrogen-bond donors (Lipinski definition) is 1. The number of hydrogen-bond acceptors (Lipinski definition) is 3. The van der Waals surface area contributed by atoms with Crippen LogP contribution in [-0.2, 0) is 9.59 Å². The van der Waals surface area contributed by atoms with Crippen LogP contribution in [0, 0.1) is 5.82 Å². The molecule has 6 heteroatoms. The Hall–Kier alpha value is -2.24. The van der Waals surface area contributed by atoms with E-state index in [9.17, 15) is 18.8 Å². The van der Waals surface area contributed by atoms with Crippen molar-refractivity contribution in [3.05, 3.63) is 35.6 Å². The van der Waals surface area contributed by atoms with Crippen molar-refractivity contribution in [2.24, 2.45) is 0 Å². The number of piperidine rings is 1. The van der Waals surface area contributed by atoms with E-state index >= 15 is 0 Å². The van der Waals surface area contributed by atoms with Gasteiger partial charge in [0.05, 0.1) is 5.56 Å². The SMILES string of the molecule is O=C1CCN(C(=O)c2ccccc2F)C(C(=O)O)C1. The van der Waals surface area contributed by atoms with Gasteiger partial charge in [0.2, 0.25) is 0 Å². The first kappa shape index (κ1) is 13.2. The molecule has 1 N–H and O–H groups in total. The smallest absolute Gasteiger partial charge is 0.326 e. The molecule has 1 heterocycles. The first-order valence-corrected chi connectivity index (χ1v) is 5.80. The molecule has 1 atom stereocenters. The van der Waals surface area contributed by atoms with Crippen molar-refractivity contribution in [1.82, 2.24) is 4.90 Å². The Morgan fingerprint density at radius 2 is 2.00 bits per heavy atom. The Labute approximate surface area is 108 Å². The molecule has 0 aliphatic carbocycles. The van der Waals surface area contributed by atoms with E-state index in [1.807, 2.05) is 0 Å². The standard InChI is InChI=1S/C13H12FNO4/c14-10-4-2-1-3-9(10)12(17)15-6-5-8(16)7-11(15)13(18)19/h1-4,11H,5-7H2,(H,18,19). The number of likely N-dealkylation sites (tertiary alicyclic amines) is 1. The van der Waals surface area contributed by atoms with Gasteiger partial charge in [0.1, 0.15) is 17.6 Å². The van der Waals surface area contributed by atoms with Crippen molar-refractivity contribution in [2.75, 3.05) is 6.54 Å². The van der Waals surface area contributed by atoms with E-state index in [4.69, 9.17) is 5.11 Å². The lowest BCUT2D eigenvalue weighted by molar-refractivity contribution is -0.146. The second kappa shape index (κ2) is 5.17. The normalized spacial score (nSPS) is 19.3. The summed E-state index contributed by atoms with van der Waals surface area (Å²) < 4.78 is 13.5. The number of aliphatic carboxylic acids is 1. The van der Waals surface area contributed by atoms with E-state index in [0.717, 1.165) is 11.0 Å². The van der Waals surface area contributed by atoms with Crippen LogP contribution in [-0.4, -0.2) is 40.3 Å². The van der Waals surface area contributed by atoms with Gasteiger partial charge in [-0.2, -0.15) is 0 Å². The molecule has 1 aliphatic heterocycles. The molecule has 19 heavy (non-hydrogen) atoms. The van der Waals surface area contributed by atoms with Crippen LogP contribution in [0.5, 0.6) is 0 Å². The van der Waals surface area contributed by atoms with Gasteiger partial charge < -0.3 is 10.0 Å². The summed E-state index contributed by atoms with van der Waals surface area (Å²) in [6, 6.07) is 4.17. The molecule has 100 valence electrons. The maximum Gasteiger partial charge on any atom is 0.326 e. The number of ketones is 1. The molecular weight excluding hydrogens is 253 g/mol. The van der Waals surface area contributed by atoms with Crippen molar-refractivity contribution in [3.63, 3.8) is 0 Å². The van der Waals surface area contributed by atoms with Crippen molar-refractivity contribution in [3.8, 4) is 0 Å². The number of nitrogens with zero attached hydrogens (tertiary/aromatic N) is 1. The van der Waals surface area contributed by atoms with Crippen LogP contribution in [0.3, 0.4) is 0 Å². The van der Waals surface area contributed by atoms with E-state index in [1.165, 1.54) is 18.2 Å². The molecule has 1 amide bonds. The minimum Gasteiger partial charge on any atom is -0.480 e. The zero-order chi connectivity index (χ0) is 14.0. The zero-order valence-electron chi connectivity index (χ0n) is 10.0. The fourth-order valence-electron chi connectivity index (χ4n) is 2.08. The first-order chi connectivity index (χ1) is 9.00. The number of carbonyl (C=O) groups excluding carboxylic acids is 2. The van der Waals surface area contributed by atoms with E-state index in [-0.39, 0.29) is 30.7 Å². The van der Waals surface area contributed by atoms with E-state index in [2.05, 4.69) is 0 Å². The number of benzene rings is 1. The van der Waals surface area contributed by atoms with Crippen LogP contribution < -0.4 is 0 Å². The number of rotatable bonds is 2. The van der Waals surface area contributed by atoms with Gasteiger partial charge in [-0.15, -0.1) is 0 Å². The Morgan fingerprint density at radius 1 is 1.32 bits per heavy atom. The average Bonchev–Trinajstić information content (AvgIpc) is 2.38. The van der Waals surface area contributed by atoms with Crippen molar-refractivity contribution >= 4 is 17.7 Å². The molecule has 1 aliphatic rings. The molecule has 2 rings (SSSR count). The topological polar surface area (TPSA) is 74.7 Å². The van der Waals surface area contributed by atoms with E-state index < -0.39 is 23.7 Å². The van der Waals surface area contributed by atoms with Crippen LogP contribution in [0.25, 0.3) is 0 Å². The third kappa shape index (κ3) is 2.62. The number of carboxylic acid groups (broad SMARTS) is 1. The third-order valence-electron chi connectivity index (χ3n) is 3.08. The molecule has 0 saturated carbocycles. The molecule has 1 aromatic carbocycles. The van der Waals surface area contributed by atoms with Crippen molar-refractivity contribution < 1.29 is 23.9 Å². The Kier molecular flexibility index (Phi) is 3.59. The second-order valence-corrected chi connectivity index (χ2v) is 4.33. The lowest BCUT2D eigenvalue weighted by atomic mass is 9.99. The molecule has 0 spiro atoms. The molecule has 0 bridgehead atoms. The molecule has 1 saturated heterocycles. The third-order valence-corrected chi connectivity index (χ3v) is 3.08. The Balaban J connectivity index is 2.29. The molecule has 5 nitrogen and oxygen atoms in total. The number of halogens is 1. The summed E-state index contributed by atoms with van der Waals surface area (Å²) in [6.07, 6.45) is -0.125. The molecule has 0 aromatic heterocycles. The highest BCUT2D eigenvalue weighted by Crippen LogP contribution is 2.19. The Morgan fingerprint density at radius 3 is 2.63 bits per heavy atom. The van der Waals surface area contributed by atoms with Crippen LogP contribution in [0.2, 0.25) is 0 Å². The lowest BCUT2D eigenvalue weighted by Gasteiger charge is -2.32. The van der Waals surface area contributed by atoms with Crippen LogP contribution in [0.1, 0.15) is 23.2 Å². The summed E-state index contributed by atoms with van der Waals surface area (Å²) in [5, 5.41) is 9.05. The maximum atomic E-state index is 13.5. The van der Waals surface area contributed by atoms with Crippen LogP contribution in [0.15, 0.2) is 24.3 Å². The predicted molar refractivity (Wildman–Crippen MR) is 63.1 cm³/mol. The number of Topliss-reactive ketones (excluding diaryl/α,β-unsaturated/α-hetero) is 1. The summed E-state index contributed by atoms with van der Waals surface area (Å²) >= 11 is 0. The van der Waals surface area contributed by atoms with Crippen LogP contribution in [0.4, 0.5) is 4.39 Å². The molecule has 1 aromatic rings. The molecule has 1 fully saturated rings. The minimum atomic E-state index is -1.25. The van der Waals surface area contributed by atoms with Gasteiger partial charge in [-0.3, -0.25) is 9.59 Å². The van der Waals surface area contributed by atoms with Crippen LogP contribution >= 0.6 is 0 Å². The monoisotopic (exact) mass is 265 g/mol. The molecule has 0 radical (unpaired) electrons. The predicted octanol–water partition coefficient (Wildman–Crippen LogP) is 1.08. The summed E-state index contributed by atoms with van der Waals surface area (Å²) in [6.45, 7) is 0.00294. The van der Waals surface area contributed by atoms with Gasteiger partial charge in [-0.1, -0.05) is 12.1 Å². The van der Waals surface area contributed by atoms with Gasteiger partial charge in [0.15, 0.2) is 0 Å². The zero-order valence-corrected chi connectivity index (χ0v) is 10.0. The quantitative estimate of drug-likeness (QED) is 0.868. The summed E-state index contributed by atoms with van der Waals surface area (Å²) in [7, 11) is 0. The Bertz CT molecular complexity index is 543. The van der Waals surface area contributed by atoms with E-state index in [0.29, 0.717) is 0 Å². The number of carboxylic acids is 1. The minimum absolute atomic E-state index is 0.00294. The average molecular weight is 265 g/mol. The fraction of sp³-hybridized carbons (Fsp3) is 0.308. The van der Waals surface area contributed by atoms with Gasteiger partial charge in [0, 0.05) is 19.4 Å². The summed E-state index contributed by atoms with van der Waals surface area (Å²) in [5.74, 6) is -2.85. The maximum absolute atomic E-state index is 13.5. The van der Waals surface area contributed by atoms with E-state index in [1.54, 1.807) is 0 Å². The highest BCUT2D eigenvalue weighted by molar-refractivity contribution is 5.99. The van der Waals surface area contributed by atoms with Gasteiger partial charge >= 0.3 is 5.97 Å². The highest BCUT2D eigenvalue weighted by Gasteiger charge is 2.36. The van der Waals surface area contributed by atoms with Crippen molar-refractivity contribution in [2.45, 2.75) is 18.9 Å². The highest BCUT2D eigenvalue weighted by atomic mass is 19.1. The number of carbonyl (C=O) groups is 3. The summed E-state index contributed by atoms with van der Waals surface area (Å²) in [5.41, 5.74) is -0.178.